The van der Waals surface area contributed by atoms with E-state index in [4.69, 9.17) is 5.11 Å². The number of nitrogens with zero attached hydrogens (tertiary/aromatic N) is 1. The zero-order chi connectivity index (χ0) is 26.4. The molecular formula is C32H36N2O3. The van der Waals surface area contributed by atoms with Gasteiger partial charge < -0.3 is 15.3 Å². The molecule has 0 spiro atoms. The van der Waals surface area contributed by atoms with Crippen LogP contribution in [0.4, 0.5) is 11.4 Å². The highest BCUT2D eigenvalue weighted by Gasteiger charge is 2.39. The van der Waals surface area contributed by atoms with E-state index in [0.29, 0.717) is 6.42 Å². The van der Waals surface area contributed by atoms with Crippen molar-refractivity contribution in [2.45, 2.75) is 45.4 Å². The highest BCUT2D eigenvalue weighted by atomic mass is 16.4. The maximum Gasteiger partial charge on any atom is 0.328 e. The van der Waals surface area contributed by atoms with Crippen LogP contribution in [-0.4, -0.2) is 31.1 Å². The molecule has 37 heavy (non-hydrogen) atoms. The molecule has 0 heterocycles. The highest BCUT2D eigenvalue weighted by molar-refractivity contribution is 5.97. The molecule has 5 heteroatoms. The van der Waals surface area contributed by atoms with E-state index in [0.717, 1.165) is 60.6 Å². The van der Waals surface area contributed by atoms with E-state index in [9.17, 15) is 9.59 Å². The summed E-state index contributed by atoms with van der Waals surface area (Å²) in [5.74, 6) is -0.940. The quantitative estimate of drug-likeness (QED) is 0.331. The van der Waals surface area contributed by atoms with Crippen molar-refractivity contribution in [1.82, 2.24) is 0 Å². The molecule has 0 aliphatic heterocycles. The molecule has 5 nitrogen and oxygen atoms in total. The van der Waals surface area contributed by atoms with Gasteiger partial charge in [0.25, 0.3) is 0 Å². The third-order valence-electron chi connectivity index (χ3n) is 7.54. The van der Waals surface area contributed by atoms with Crippen LogP contribution >= 0.6 is 0 Å². The second kappa shape index (κ2) is 11.5. The summed E-state index contributed by atoms with van der Waals surface area (Å²) < 4.78 is 0. The number of rotatable bonds is 8. The summed E-state index contributed by atoms with van der Waals surface area (Å²) in [4.78, 5) is 26.8. The number of nitrogens with one attached hydrogen (secondary N) is 1. The predicted octanol–water partition coefficient (Wildman–Crippen LogP) is 6.96. The van der Waals surface area contributed by atoms with E-state index in [1.165, 1.54) is 16.8 Å². The van der Waals surface area contributed by atoms with Gasteiger partial charge in [-0.15, -0.1) is 0 Å². The van der Waals surface area contributed by atoms with Gasteiger partial charge >= 0.3 is 5.97 Å². The van der Waals surface area contributed by atoms with Crippen LogP contribution < -0.4 is 10.2 Å². The third kappa shape index (κ3) is 6.29. The lowest BCUT2D eigenvalue weighted by Gasteiger charge is -2.36. The minimum Gasteiger partial charge on any atom is -0.478 e. The van der Waals surface area contributed by atoms with Gasteiger partial charge in [0, 0.05) is 31.5 Å². The molecule has 1 aliphatic carbocycles. The molecule has 1 amide bonds. The molecule has 1 aliphatic rings. The van der Waals surface area contributed by atoms with Crippen LogP contribution in [0.2, 0.25) is 0 Å². The van der Waals surface area contributed by atoms with Gasteiger partial charge in [0.1, 0.15) is 0 Å². The molecule has 3 aromatic carbocycles. The van der Waals surface area contributed by atoms with Gasteiger partial charge in [0.15, 0.2) is 0 Å². The van der Waals surface area contributed by atoms with Gasteiger partial charge in [-0.05, 0) is 78.3 Å². The van der Waals surface area contributed by atoms with Crippen molar-refractivity contribution >= 4 is 29.3 Å². The number of hydrogen-bond acceptors (Lipinski definition) is 3. The van der Waals surface area contributed by atoms with Crippen molar-refractivity contribution in [2.24, 2.45) is 5.41 Å². The van der Waals surface area contributed by atoms with Gasteiger partial charge in [-0.1, -0.05) is 67.8 Å². The summed E-state index contributed by atoms with van der Waals surface area (Å²) in [6.07, 6.45) is 8.38. The van der Waals surface area contributed by atoms with Crippen LogP contribution in [0.25, 0.3) is 17.2 Å². The third-order valence-corrected chi connectivity index (χ3v) is 7.54. The van der Waals surface area contributed by atoms with Gasteiger partial charge in [-0.3, -0.25) is 4.79 Å². The first kappa shape index (κ1) is 26.2. The molecule has 1 saturated carbocycles. The molecule has 0 unspecified atom stereocenters. The SMILES string of the molecule is Cc1c(/C=C/C(=O)O)cccc1NC(=O)C1(Cc2ccc(-c3ccc(N(C)C)cc3)cc2)CCCCC1. The number of carbonyl (C=O) groups is 2. The van der Waals surface area contributed by atoms with E-state index in [1.807, 2.05) is 39.2 Å². The molecule has 0 radical (unpaired) electrons. The average molecular weight is 497 g/mol. The first-order valence-corrected chi connectivity index (χ1v) is 13.0. The Hall–Kier alpha value is -3.86. The predicted molar refractivity (Wildman–Crippen MR) is 152 cm³/mol. The normalized spacial score (nSPS) is 14.9. The smallest absolute Gasteiger partial charge is 0.328 e. The summed E-state index contributed by atoms with van der Waals surface area (Å²) in [6.45, 7) is 1.91. The highest BCUT2D eigenvalue weighted by Crippen LogP contribution is 2.41. The number of hydrogen-bond donors (Lipinski definition) is 2. The molecule has 0 atom stereocenters. The fourth-order valence-corrected chi connectivity index (χ4v) is 5.26. The number of benzene rings is 3. The minimum atomic E-state index is -0.994. The second-order valence-electron chi connectivity index (χ2n) is 10.3. The van der Waals surface area contributed by atoms with Crippen LogP contribution in [0.5, 0.6) is 0 Å². The zero-order valence-electron chi connectivity index (χ0n) is 22.0. The van der Waals surface area contributed by atoms with E-state index >= 15 is 0 Å². The average Bonchev–Trinajstić information content (AvgIpc) is 2.90. The summed E-state index contributed by atoms with van der Waals surface area (Å²) >= 11 is 0. The van der Waals surface area contributed by atoms with Crippen LogP contribution in [0.15, 0.2) is 72.8 Å². The fraction of sp³-hybridized carbons (Fsp3) is 0.312. The molecular weight excluding hydrogens is 460 g/mol. The first-order valence-electron chi connectivity index (χ1n) is 13.0. The van der Waals surface area contributed by atoms with E-state index in [2.05, 4.69) is 58.7 Å². The molecule has 0 bridgehead atoms. The van der Waals surface area contributed by atoms with Crippen LogP contribution in [0.1, 0.15) is 48.8 Å². The second-order valence-corrected chi connectivity index (χ2v) is 10.3. The van der Waals surface area contributed by atoms with Gasteiger partial charge in [0.2, 0.25) is 5.91 Å². The lowest BCUT2D eigenvalue weighted by atomic mass is 9.69. The maximum absolute atomic E-state index is 13.8. The van der Waals surface area contributed by atoms with Crippen molar-refractivity contribution in [2.75, 3.05) is 24.3 Å². The Kier molecular flexibility index (Phi) is 8.12. The van der Waals surface area contributed by atoms with Crippen LogP contribution in [-0.2, 0) is 16.0 Å². The van der Waals surface area contributed by atoms with Gasteiger partial charge in [0.05, 0.1) is 5.41 Å². The number of anilines is 2. The zero-order valence-corrected chi connectivity index (χ0v) is 22.0. The molecule has 4 rings (SSSR count). The molecule has 0 aromatic heterocycles. The number of carboxylic acid groups (broad SMARTS) is 1. The molecule has 2 N–H and O–H groups in total. The number of aliphatic carboxylic acids is 1. The Bertz CT molecular complexity index is 1270. The summed E-state index contributed by atoms with van der Waals surface area (Å²) in [6, 6.07) is 22.7. The van der Waals surface area contributed by atoms with Gasteiger partial charge in [-0.25, -0.2) is 4.79 Å². The first-order chi connectivity index (χ1) is 17.8. The van der Waals surface area contributed by atoms with Crippen molar-refractivity contribution in [3.63, 3.8) is 0 Å². The van der Waals surface area contributed by atoms with Crippen molar-refractivity contribution in [1.29, 1.82) is 0 Å². The van der Waals surface area contributed by atoms with Crippen molar-refractivity contribution in [3.05, 3.63) is 89.5 Å². The Balaban J connectivity index is 1.53. The topological polar surface area (TPSA) is 69.6 Å². The van der Waals surface area contributed by atoms with Gasteiger partial charge in [-0.2, -0.15) is 0 Å². The molecule has 1 fully saturated rings. The van der Waals surface area contributed by atoms with Crippen molar-refractivity contribution in [3.8, 4) is 11.1 Å². The monoisotopic (exact) mass is 496 g/mol. The van der Waals surface area contributed by atoms with Crippen molar-refractivity contribution < 1.29 is 14.7 Å². The van der Waals surface area contributed by atoms with E-state index in [-0.39, 0.29) is 5.91 Å². The number of carbonyl (C=O) groups excluding carboxylic acids is 1. The maximum atomic E-state index is 13.8. The Morgan fingerprint density at radius 1 is 0.919 bits per heavy atom. The molecule has 0 saturated heterocycles. The van der Waals surface area contributed by atoms with E-state index in [1.54, 1.807) is 6.08 Å². The number of carboxylic acids is 1. The fourth-order valence-electron chi connectivity index (χ4n) is 5.26. The summed E-state index contributed by atoms with van der Waals surface area (Å²) in [7, 11) is 4.07. The Morgan fingerprint density at radius 3 is 2.14 bits per heavy atom. The summed E-state index contributed by atoms with van der Waals surface area (Å²) in [5.41, 5.74) is 6.61. The minimum absolute atomic E-state index is 0.0537. The lowest BCUT2D eigenvalue weighted by Crippen LogP contribution is -2.40. The summed E-state index contributed by atoms with van der Waals surface area (Å²) in [5, 5.41) is 12.2. The van der Waals surface area contributed by atoms with Crippen LogP contribution in [0, 0.1) is 12.3 Å². The number of amides is 1. The standard InChI is InChI=1S/C32H36N2O3/c1-23-25(16-19-30(35)36)8-7-9-29(23)33-31(37)32(20-5-4-6-21-32)22-24-10-12-26(13-11-24)27-14-17-28(18-15-27)34(2)3/h7-19H,4-6,20-22H2,1-3H3,(H,33,37)(H,35,36)/b19-16+. The largest absolute Gasteiger partial charge is 0.478 e. The lowest BCUT2D eigenvalue weighted by molar-refractivity contribution is -0.131. The molecule has 192 valence electrons. The Morgan fingerprint density at radius 2 is 1.54 bits per heavy atom. The van der Waals surface area contributed by atoms with Crippen LogP contribution in [0.3, 0.4) is 0 Å². The Labute approximate surface area is 219 Å². The molecule has 3 aromatic rings. The van der Waals surface area contributed by atoms with E-state index < -0.39 is 11.4 Å².